The van der Waals surface area contributed by atoms with Gasteiger partial charge < -0.3 is 14.8 Å². The van der Waals surface area contributed by atoms with E-state index >= 15 is 0 Å². The first-order valence-electron chi connectivity index (χ1n) is 7.64. The molecule has 2 aromatic carbocycles. The number of benzene rings is 2. The number of methoxy groups -OCH3 is 1. The number of fused-ring (bicyclic) bond motifs is 4. The first-order valence-corrected chi connectivity index (χ1v) is 8.05. The van der Waals surface area contributed by atoms with Crippen molar-refractivity contribution in [2.45, 2.75) is 25.1 Å². The molecule has 2 atom stereocenters. The molecule has 0 unspecified atom stereocenters. The molecule has 0 saturated carbocycles. The quantitative estimate of drug-likeness (QED) is 0.852. The zero-order chi connectivity index (χ0) is 16.0. The molecular formula is C18H18N2O2S. The van der Waals surface area contributed by atoms with Gasteiger partial charge in [-0.3, -0.25) is 4.90 Å². The van der Waals surface area contributed by atoms with E-state index in [0.717, 1.165) is 29.2 Å². The van der Waals surface area contributed by atoms with Crippen LogP contribution in [-0.4, -0.2) is 17.9 Å². The molecule has 2 aliphatic heterocycles. The SMILES string of the molecule is COc1ccccc1N1C(=S)N[C@H]2C[C@]1(C)Oc1ccccc12. The molecule has 2 aliphatic rings. The minimum Gasteiger partial charge on any atom is -0.495 e. The van der Waals surface area contributed by atoms with Crippen LogP contribution in [0.4, 0.5) is 5.69 Å². The lowest BCUT2D eigenvalue weighted by Gasteiger charge is -2.52. The van der Waals surface area contributed by atoms with Gasteiger partial charge in [-0.2, -0.15) is 0 Å². The molecule has 0 radical (unpaired) electrons. The summed E-state index contributed by atoms with van der Waals surface area (Å²) >= 11 is 5.65. The second kappa shape index (κ2) is 5.13. The van der Waals surface area contributed by atoms with Gasteiger partial charge in [0.05, 0.1) is 18.8 Å². The van der Waals surface area contributed by atoms with Gasteiger partial charge >= 0.3 is 0 Å². The van der Waals surface area contributed by atoms with Crippen LogP contribution in [0.3, 0.4) is 0 Å². The van der Waals surface area contributed by atoms with E-state index < -0.39 is 5.72 Å². The molecule has 0 spiro atoms. The fraction of sp³-hybridized carbons (Fsp3) is 0.278. The Labute approximate surface area is 141 Å². The summed E-state index contributed by atoms with van der Waals surface area (Å²) in [5.74, 6) is 1.68. The summed E-state index contributed by atoms with van der Waals surface area (Å²) in [6.45, 7) is 2.08. The average Bonchev–Trinajstić information content (AvgIpc) is 2.54. The number of nitrogens with zero attached hydrogens (tertiary/aromatic N) is 1. The molecule has 1 fully saturated rings. The summed E-state index contributed by atoms with van der Waals surface area (Å²) in [6, 6.07) is 16.2. The third-order valence-electron chi connectivity index (χ3n) is 4.51. The van der Waals surface area contributed by atoms with E-state index in [1.54, 1.807) is 7.11 Å². The Hall–Kier alpha value is -2.27. The average molecular weight is 326 g/mol. The molecule has 23 heavy (non-hydrogen) atoms. The van der Waals surface area contributed by atoms with Gasteiger partial charge in [0.1, 0.15) is 11.5 Å². The Morgan fingerprint density at radius 1 is 1.22 bits per heavy atom. The largest absolute Gasteiger partial charge is 0.495 e. The minimum absolute atomic E-state index is 0.170. The fourth-order valence-corrected chi connectivity index (χ4v) is 3.94. The Morgan fingerprint density at radius 3 is 2.78 bits per heavy atom. The van der Waals surface area contributed by atoms with Crippen molar-refractivity contribution in [2.24, 2.45) is 0 Å². The number of thiocarbonyl (C=S) groups is 1. The summed E-state index contributed by atoms with van der Waals surface area (Å²) in [5.41, 5.74) is 1.52. The van der Waals surface area contributed by atoms with E-state index in [2.05, 4.69) is 18.3 Å². The van der Waals surface area contributed by atoms with Gasteiger partial charge in [-0.15, -0.1) is 0 Å². The third kappa shape index (κ3) is 2.15. The monoisotopic (exact) mass is 326 g/mol. The van der Waals surface area contributed by atoms with Gasteiger partial charge in [0.2, 0.25) is 0 Å². The molecule has 4 nitrogen and oxygen atoms in total. The highest BCUT2D eigenvalue weighted by molar-refractivity contribution is 7.80. The zero-order valence-electron chi connectivity index (χ0n) is 13.1. The standard InChI is InChI=1S/C18H18N2O2S/c1-18-11-13(12-7-3-5-9-15(12)22-18)19-17(23)20(18)14-8-4-6-10-16(14)21-2/h3-10,13H,11H2,1-2H3,(H,19,23)/t13-,18-/m0/s1. The summed E-state index contributed by atoms with van der Waals surface area (Å²) in [7, 11) is 1.67. The molecule has 0 aromatic heterocycles. The molecular weight excluding hydrogens is 308 g/mol. The number of ether oxygens (including phenoxy) is 2. The second-order valence-electron chi connectivity index (χ2n) is 6.03. The van der Waals surface area contributed by atoms with Gasteiger partial charge in [-0.05, 0) is 37.3 Å². The first-order chi connectivity index (χ1) is 11.1. The van der Waals surface area contributed by atoms with Crippen LogP contribution in [0.5, 0.6) is 11.5 Å². The molecule has 4 rings (SSSR count). The first kappa shape index (κ1) is 14.3. The lowest BCUT2D eigenvalue weighted by Crippen LogP contribution is -2.65. The summed E-state index contributed by atoms with van der Waals surface area (Å²) in [4.78, 5) is 2.02. The maximum atomic E-state index is 6.37. The predicted molar refractivity (Wildman–Crippen MR) is 94.0 cm³/mol. The van der Waals surface area contributed by atoms with E-state index in [0.29, 0.717) is 5.11 Å². The van der Waals surface area contributed by atoms with E-state index in [-0.39, 0.29) is 6.04 Å². The Kier molecular flexibility index (Phi) is 3.20. The Morgan fingerprint density at radius 2 is 1.96 bits per heavy atom. The number of anilines is 1. The summed E-state index contributed by atoms with van der Waals surface area (Å²) in [6.07, 6.45) is 0.808. The number of para-hydroxylation sites is 3. The fourth-order valence-electron chi connectivity index (χ4n) is 3.50. The summed E-state index contributed by atoms with van der Waals surface area (Å²) < 4.78 is 11.9. The van der Waals surface area contributed by atoms with Crippen molar-refractivity contribution in [1.82, 2.24) is 5.32 Å². The van der Waals surface area contributed by atoms with Crippen LogP contribution in [0.1, 0.15) is 24.9 Å². The molecule has 0 amide bonds. The highest BCUT2D eigenvalue weighted by atomic mass is 32.1. The molecule has 1 saturated heterocycles. The van der Waals surface area contributed by atoms with Crippen LogP contribution in [-0.2, 0) is 0 Å². The van der Waals surface area contributed by atoms with Crippen molar-refractivity contribution >= 4 is 23.0 Å². The van der Waals surface area contributed by atoms with Gasteiger partial charge in [-0.25, -0.2) is 0 Å². The highest BCUT2D eigenvalue weighted by Gasteiger charge is 2.48. The van der Waals surface area contributed by atoms with Crippen molar-refractivity contribution in [2.75, 3.05) is 12.0 Å². The highest BCUT2D eigenvalue weighted by Crippen LogP contribution is 2.46. The van der Waals surface area contributed by atoms with Crippen LogP contribution < -0.4 is 19.7 Å². The topological polar surface area (TPSA) is 33.7 Å². The van der Waals surface area contributed by atoms with Crippen LogP contribution in [0.25, 0.3) is 0 Å². The minimum atomic E-state index is -0.546. The van der Waals surface area contributed by atoms with Crippen molar-refractivity contribution in [1.29, 1.82) is 0 Å². The second-order valence-corrected chi connectivity index (χ2v) is 6.42. The van der Waals surface area contributed by atoms with Crippen molar-refractivity contribution in [3.8, 4) is 11.5 Å². The van der Waals surface area contributed by atoms with Crippen LogP contribution in [0, 0.1) is 0 Å². The normalized spacial score (nSPS) is 25.2. The van der Waals surface area contributed by atoms with E-state index in [1.165, 1.54) is 0 Å². The van der Waals surface area contributed by atoms with Crippen molar-refractivity contribution in [3.63, 3.8) is 0 Å². The lowest BCUT2D eigenvalue weighted by molar-refractivity contribution is 0.0494. The van der Waals surface area contributed by atoms with Gasteiger partial charge in [0, 0.05) is 12.0 Å². The van der Waals surface area contributed by atoms with Crippen LogP contribution in [0.2, 0.25) is 0 Å². The molecule has 2 aromatic rings. The Bertz CT molecular complexity index is 779. The van der Waals surface area contributed by atoms with Gasteiger partial charge in [0.25, 0.3) is 0 Å². The lowest BCUT2D eigenvalue weighted by atomic mass is 9.90. The van der Waals surface area contributed by atoms with Crippen LogP contribution >= 0.6 is 12.2 Å². The van der Waals surface area contributed by atoms with Crippen molar-refractivity contribution < 1.29 is 9.47 Å². The number of rotatable bonds is 2. The number of hydrogen-bond donors (Lipinski definition) is 1. The van der Waals surface area contributed by atoms with Crippen LogP contribution in [0.15, 0.2) is 48.5 Å². The van der Waals surface area contributed by atoms with E-state index in [9.17, 15) is 0 Å². The third-order valence-corrected chi connectivity index (χ3v) is 4.81. The Balaban J connectivity index is 1.83. The smallest absolute Gasteiger partial charge is 0.188 e. The maximum absolute atomic E-state index is 6.37. The summed E-state index contributed by atoms with van der Waals surface area (Å²) in [5, 5.41) is 4.11. The van der Waals surface area contributed by atoms with Gasteiger partial charge in [-0.1, -0.05) is 30.3 Å². The van der Waals surface area contributed by atoms with Crippen molar-refractivity contribution in [3.05, 3.63) is 54.1 Å². The van der Waals surface area contributed by atoms with Gasteiger partial charge in [0.15, 0.2) is 10.8 Å². The zero-order valence-corrected chi connectivity index (χ0v) is 13.9. The molecule has 118 valence electrons. The maximum Gasteiger partial charge on any atom is 0.188 e. The number of nitrogens with one attached hydrogen (secondary N) is 1. The van der Waals surface area contributed by atoms with E-state index in [4.69, 9.17) is 21.7 Å². The van der Waals surface area contributed by atoms with E-state index in [1.807, 2.05) is 47.4 Å². The molecule has 0 aliphatic carbocycles. The number of hydrogen-bond acceptors (Lipinski definition) is 3. The predicted octanol–water partition coefficient (Wildman–Crippen LogP) is 3.63. The molecule has 1 N–H and O–H groups in total. The molecule has 2 heterocycles. The molecule has 2 bridgehead atoms. The molecule has 5 heteroatoms.